The van der Waals surface area contributed by atoms with Crippen LogP contribution in [0, 0.1) is 5.82 Å². The molecule has 0 aliphatic carbocycles. The third kappa shape index (κ3) is 2.51. The molecule has 1 heterocycles. The van der Waals surface area contributed by atoms with Gasteiger partial charge in [-0.3, -0.25) is 4.79 Å². The fourth-order valence-electron chi connectivity index (χ4n) is 1.81. The Hall–Kier alpha value is -2.70. The van der Waals surface area contributed by atoms with E-state index >= 15 is 0 Å². The number of carboxylic acids is 1. The van der Waals surface area contributed by atoms with E-state index in [1.165, 1.54) is 29.2 Å². The molecule has 6 nitrogen and oxygen atoms in total. The van der Waals surface area contributed by atoms with Crippen molar-refractivity contribution in [1.82, 2.24) is 9.97 Å². The maximum absolute atomic E-state index is 12.9. The first-order valence-electron chi connectivity index (χ1n) is 5.88. The molecule has 0 radical (unpaired) electrons. The number of carboxylic acid groups (broad SMARTS) is 1. The highest BCUT2D eigenvalue weighted by atomic mass is 19.1. The summed E-state index contributed by atoms with van der Waals surface area (Å²) in [6.45, 7) is 2.03. The molecule has 0 bridgehead atoms. The van der Waals surface area contributed by atoms with Crippen molar-refractivity contribution in [2.45, 2.75) is 6.92 Å². The van der Waals surface area contributed by atoms with Gasteiger partial charge in [0.1, 0.15) is 5.82 Å². The summed E-state index contributed by atoms with van der Waals surface area (Å²) in [7, 11) is 0. The van der Waals surface area contributed by atoms with E-state index in [4.69, 9.17) is 5.11 Å². The minimum Gasteiger partial charge on any atom is -0.477 e. The largest absolute Gasteiger partial charge is 0.477 e. The molecule has 7 heteroatoms. The lowest BCUT2D eigenvalue weighted by atomic mass is 10.2. The number of nitrogens with one attached hydrogen (secondary N) is 1. The minimum absolute atomic E-state index is 0.177. The molecule has 0 aliphatic rings. The highest BCUT2D eigenvalue weighted by molar-refractivity contribution is 6.09. The second kappa shape index (κ2) is 5.52. The van der Waals surface area contributed by atoms with Crippen LogP contribution in [-0.4, -0.2) is 33.5 Å². The van der Waals surface area contributed by atoms with Gasteiger partial charge < -0.3 is 15.0 Å². The first-order valence-corrected chi connectivity index (χ1v) is 5.88. The Kier molecular flexibility index (Phi) is 3.79. The van der Waals surface area contributed by atoms with Crippen LogP contribution >= 0.6 is 0 Å². The van der Waals surface area contributed by atoms with E-state index in [1.807, 2.05) is 0 Å². The third-order valence-electron chi connectivity index (χ3n) is 2.76. The number of halogens is 1. The first kappa shape index (κ1) is 13.7. The lowest BCUT2D eigenvalue weighted by Crippen LogP contribution is -2.32. The van der Waals surface area contributed by atoms with E-state index < -0.39 is 17.7 Å². The number of amides is 1. The summed E-state index contributed by atoms with van der Waals surface area (Å²) in [5.41, 5.74) is 0.0254. The van der Waals surface area contributed by atoms with Gasteiger partial charge in [0.25, 0.3) is 5.91 Å². The van der Waals surface area contributed by atoms with Gasteiger partial charge in [-0.05, 0) is 31.2 Å². The van der Waals surface area contributed by atoms with Gasteiger partial charge in [0.05, 0.1) is 6.33 Å². The van der Waals surface area contributed by atoms with Gasteiger partial charge >= 0.3 is 5.97 Å². The molecule has 0 fully saturated rings. The Morgan fingerprint density at radius 2 is 2.00 bits per heavy atom. The monoisotopic (exact) mass is 277 g/mol. The molecule has 1 aromatic carbocycles. The Labute approximate surface area is 113 Å². The van der Waals surface area contributed by atoms with Gasteiger partial charge in [-0.1, -0.05) is 0 Å². The summed E-state index contributed by atoms with van der Waals surface area (Å²) < 4.78 is 12.9. The SMILES string of the molecule is CCN(C(=O)c1nc[nH]c1C(=O)O)c1ccc(F)cc1. The van der Waals surface area contributed by atoms with Crippen LogP contribution in [0.2, 0.25) is 0 Å². The number of imidazole rings is 1. The van der Waals surface area contributed by atoms with E-state index in [9.17, 15) is 14.0 Å². The summed E-state index contributed by atoms with van der Waals surface area (Å²) in [5.74, 6) is -2.23. The van der Waals surface area contributed by atoms with E-state index in [-0.39, 0.29) is 11.4 Å². The lowest BCUT2D eigenvalue weighted by Gasteiger charge is -2.20. The average molecular weight is 277 g/mol. The maximum atomic E-state index is 12.9. The average Bonchev–Trinajstić information content (AvgIpc) is 2.91. The molecular weight excluding hydrogens is 265 g/mol. The summed E-state index contributed by atoms with van der Waals surface area (Å²) in [6, 6.07) is 5.36. The number of carbonyl (C=O) groups is 2. The Morgan fingerprint density at radius 3 is 2.55 bits per heavy atom. The standard InChI is InChI=1S/C13H12FN3O3/c1-2-17(9-5-3-8(14)4-6-9)12(18)10-11(13(19)20)16-7-15-10/h3-7H,2H2,1H3,(H,15,16)(H,19,20). The lowest BCUT2D eigenvalue weighted by molar-refractivity contribution is 0.0686. The molecule has 2 N–H and O–H groups in total. The zero-order valence-corrected chi connectivity index (χ0v) is 10.6. The maximum Gasteiger partial charge on any atom is 0.354 e. The van der Waals surface area contributed by atoms with Crippen LogP contribution in [0.15, 0.2) is 30.6 Å². The summed E-state index contributed by atoms with van der Waals surface area (Å²) in [5, 5.41) is 8.97. The van der Waals surface area contributed by atoms with Crippen LogP contribution in [0.3, 0.4) is 0 Å². The number of hydrogen-bond acceptors (Lipinski definition) is 3. The number of hydrogen-bond donors (Lipinski definition) is 2. The quantitative estimate of drug-likeness (QED) is 0.893. The molecule has 0 saturated heterocycles. The number of carbonyl (C=O) groups excluding carboxylic acids is 1. The van der Waals surface area contributed by atoms with Crippen molar-refractivity contribution in [3.8, 4) is 0 Å². The molecule has 1 aromatic heterocycles. The van der Waals surface area contributed by atoms with Crippen molar-refractivity contribution in [1.29, 1.82) is 0 Å². The molecular formula is C13H12FN3O3. The number of aromatic nitrogens is 2. The van der Waals surface area contributed by atoms with Crippen LogP contribution in [0.1, 0.15) is 27.9 Å². The van der Waals surface area contributed by atoms with Crippen molar-refractivity contribution in [2.75, 3.05) is 11.4 Å². The molecule has 0 atom stereocenters. The van der Waals surface area contributed by atoms with Gasteiger partial charge in [0.15, 0.2) is 11.4 Å². The van der Waals surface area contributed by atoms with Gasteiger partial charge in [-0.2, -0.15) is 0 Å². The van der Waals surface area contributed by atoms with E-state index in [0.29, 0.717) is 12.2 Å². The highest BCUT2D eigenvalue weighted by Crippen LogP contribution is 2.18. The van der Waals surface area contributed by atoms with Crippen LogP contribution in [0.4, 0.5) is 10.1 Å². The van der Waals surface area contributed by atoms with Gasteiger partial charge in [-0.25, -0.2) is 14.2 Å². The molecule has 0 unspecified atom stereocenters. The van der Waals surface area contributed by atoms with Crippen LogP contribution in [0.5, 0.6) is 0 Å². The van der Waals surface area contributed by atoms with Crippen LogP contribution < -0.4 is 4.90 Å². The minimum atomic E-state index is -1.26. The number of nitrogens with zero attached hydrogens (tertiary/aromatic N) is 2. The van der Waals surface area contributed by atoms with E-state index in [1.54, 1.807) is 6.92 Å². The fraction of sp³-hybridized carbons (Fsp3) is 0.154. The zero-order chi connectivity index (χ0) is 14.7. The second-order valence-corrected chi connectivity index (χ2v) is 3.96. The third-order valence-corrected chi connectivity index (χ3v) is 2.76. The van der Waals surface area contributed by atoms with Gasteiger partial charge in [0.2, 0.25) is 0 Å². The molecule has 2 rings (SSSR count). The van der Waals surface area contributed by atoms with Crippen molar-refractivity contribution >= 4 is 17.6 Å². The summed E-state index contributed by atoms with van der Waals surface area (Å²) in [6.07, 6.45) is 1.15. The Morgan fingerprint density at radius 1 is 1.35 bits per heavy atom. The molecule has 0 aliphatic heterocycles. The van der Waals surface area contributed by atoms with Gasteiger partial charge in [-0.15, -0.1) is 0 Å². The first-order chi connectivity index (χ1) is 9.54. The molecule has 20 heavy (non-hydrogen) atoms. The Bertz CT molecular complexity index is 637. The number of anilines is 1. The fourth-order valence-corrected chi connectivity index (χ4v) is 1.81. The Balaban J connectivity index is 2.36. The van der Waals surface area contributed by atoms with Crippen LogP contribution in [0.25, 0.3) is 0 Å². The molecule has 1 amide bonds. The number of benzene rings is 1. The normalized spacial score (nSPS) is 10.3. The molecule has 0 spiro atoms. The number of H-pyrrole nitrogens is 1. The smallest absolute Gasteiger partial charge is 0.354 e. The van der Waals surface area contributed by atoms with E-state index in [2.05, 4.69) is 9.97 Å². The topological polar surface area (TPSA) is 86.3 Å². The van der Waals surface area contributed by atoms with E-state index in [0.717, 1.165) is 6.33 Å². The number of aromatic amines is 1. The number of rotatable bonds is 4. The summed E-state index contributed by atoms with van der Waals surface area (Å²) >= 11 is 0. The van der Waals surface area contributed by atoms with Gasteiger partial charge in [0, 0.05) is 12.2 Å². The predicted molar refractivity (Wildman–Crippen MR) is 69.3 cm³/mol. The summed E-state index contributed by atoms with van der Waals surface area (Å²) in [4.78, 5) is 30.8. The second-order valence-electron chi connectivity index (χ2n) is 3.96. The molecule has 104 valence electrons. The van der Waals surface area contributed by atoms with Crippen molar-refractivity contribution in [3.63, 3.8) is 0 Å². The van der Waals surface area contributed by atoms with Crippen molar-refractivity contribution in [2.24, 2.45) is 0 Å². The molecule has 2 aromatic rings. The predicted octanol–water partition coefficient (Wildman–Crippen LogP) is 1.91. The van der Waals surface area contributed by atoms with Crippen molar-refractivity contribution in [3.05, 3.63) is 47.8 Å². The highest BCUT2D eigenvalue weighted by Gasteiger charge is 2.24. The molecule has 0 saturated carbocycles. The number of aromatic carboxylic acids is 1. The van der Waals surface area contributed by atoms with Crippen molar-refractivity contribution < 1.29 is 19.1 Å². The van der Waals surface area contributed by atoms with Crippen LogP contribution in [-0.2, 0) is 0 Å². The zero-order valence-electron chi connectivity index (χ0n) is 10.6.